The van der Waals surface area contributed by atoms with Gasteiger partial charge < -0.3 is 5.32 Å². The third-order valence-electron chi connectivity index (χ3n) is 0.469. The number of carbonyl (C=O) groups is 1. The molecule has 2 nitrogen and oxygen atoms in total. The minimum atomic E-state index is -0.0540. The number of carbonyl (C=O) groups excluding carboxylic acids is 1. The molecule has 0 aliphatic rings. The summed E-state index contributed by atoms with van der Waals surface area (Å²) in [7, 11) is 0. The van der Waals surface area contributed by atoms with E-state index in [0.717, 1.165) is 0 Å². The van der Waals surface area contributed by atoms with Gasteiger partial charge in [-0.2, -0.15) is 0 Å². The van der Waals surface area contributed by atoms with Gasteiger partial charge in [-0.3, -0.25) is 4.79 Å². The van der Waals surface area contributed by atoms with Gasteiger partial charge in [0, 0.05) is 13.5 Å². The van der Waals surface area contributed by atoms with Crippen molar-refractivity contribution >= 4 is 5.91 Å². The maximum Gasteiger partial charge on any atom is 0.217 e. The second-order valence-corrected chi connectivity index (χ2v) is 1.17. The number of hydrogen-bond donors (Lipinski definition) is 1. The van der Waals surface area contributed by atoms with Crippen LogP contribution in [0.2, 0.25) is 0 Å². The van der Waals surface area contributed by atoms with E-state index in [1.807, 2.05) is 0 Å². The molecule has 0 spiro atoms. The van der Waals surface area contributed by atoms with Crippen molar-refractivity contribution in [1.82, 2.24) is 5.32 Å². The van der Waals surface area contributed by atoms with Crippen LogP contribution in [0.1, 0.15) is 6.92 Å². The Kier molecular flexibility index (Phi) is 3.02. The summed E-state index contributed by atoms with van der Waals surface area (Å²) in [6.45, 7) is 6.84. The fourth-order valence-electron chi connectivity index (χ4n) is 0.203. The van der Waals surface area contributed by atoms with Crippen LogP contribution in [0.4, 0.5) is 0 Å². The Hall–Kier alpha value is -0.790. The molecule has 1 amide bonds. The van der Waals surface area contributed by atoms with Gasteiger partial charge in [-0.1, -0.05) is 12.7 Å². The highest BCUT2D eigenvalue weighted by molar-refractivity contribution is 5.72. The fraction of sp³-hybridized carbons (Fsp3) is 0.400. The van der Waals surface area contributed by atoms with Gasteiger partial charge in [0.15, 0.2) is 0 Å². The minimum Gasteiger partial charge on any atom is -0.353 e. The van der Waals surface area contributed by atoms with Crippen LogP contribution in [0.5, 0.6) is 0 Å². The van der Waals surface area contributed by atoms with Crippen LogP contribution in [0, 0.1) is 6.58 Å². The van der Waals surface area contributed by atoms with Crippen molar-refractivity contribution in [3.8, 4) is 0 Å². The van der Waals surface area contributed by atoms with E-state index in [1.54, 1.807) is 0 Å². The summed E-state index contributed by atoms with van der Waals surface area (Å²) in [6, 6.07) is 0. The molecule has 2 heteroatoms. The van der Waals surface area contributed by atoms with Crippen molar-refractivity contribution in [3.05, 3.63) is 12.7 Å². The van der Waals surface area contributed by atoms with Gasteiger partial charge in [-0.15, -0.1) is 0 Å². The Balaban J connectivity index is 2.97. The third-order valence-corrected chi connectivity index (χ3v) is 0.469. The molecule has 0 atom stereocenters. The van der Waals surface area contributed by atoms with E-state index < -0.39 is 0 Å². The molecule has 1 radical (unpaired) electrons. The lowest BCUT2D eigenvalue weighted by Gasteiger charge is -1.90. The lowest BCUT2D eigenvalue weighted by atomic mass is 10.6. The molecule has 0 unspecified atom stereocenters. The molecule has 7 heavy (non-hydrogen) atoms. The van der Waals surface area contributed by atoms with E-state index in [1.165, 1.54) is 13.0 Å². The third kappa shape index (κ3) is 5.21. The number of nitrogens with one attached hydrogen (secondary N) is 1. The van der Waals surface area contributed by atoms with Gasteiger partial charge in [0.25, 0.3) is 0 Å². The van der Waals surface area contributed by atoms with Crippen LogP contribution in [-0.2, 0) is 4.79 Å². The minimum absolute atomic E-state index is 0.0540. The summed E-state index contributed by atoms with van der Waals surface area (Å²) in [5.41, 5.74) is 0. The molecular formula is C5H8NO. The quantitative estimate of drug-likeness (QED) is 0.522. The van der Waals surface area contributed by atoms with Crippen molar-refractivity contribution in [2.24, 2.45) is 0 Å². The molecule has 0 rings (SSSR count). The first-order chi connectivity index (χ1) is 3.27. The molecule has 0 aromatic carbocycles. The summed E-state index contributed by atoms with van der Waals surface area (Å²) < 4.78 is 0. The van der Waals surface area contributed by atoms with Crippen LogP contribution in [0.25, 0.3) is 0 Å². The predicted molar refractivity (Wildman–Crippen MR) is 27.6 cm³/mol. The largest absolute Gasteiger partial charge is 0.353 e. The molecule has 0 fully saturated rings. The summed E-state index contributed by atoms with van der Waals surface area (Å²) >= 11 is 0. The van der Waals surface area contributed by atoms with Crippen LogP contribution >= 0.6 is 0 Å². The highest BCUT2D eigenvalue weighted by Crippen LogP contribution is 1.59. The molecular weight excluding hydrogens is 90.1 g/mol. The summed E-state index contributed by atoms with van der Waals surface area (Å²) in [5.74, 6) is -0.0540. The number of hydrogen-bond acceptors (Lipinski definition) is 1. The molecule has 0 saturated carbocycles. The molecule has 0 aromatic rings. The zero-order valence-electron chi connectivity index (χ0n) is 4.27. The van der Waals surface area contributed by atoms with Gasteiger partial charge in [-0.25, -0.2) is 0 Å². The standard InChI is InChI=1S/C5H8NO/c1-3-4-6-5(2)7/h1,3H,4H2,2H3,(H,6,7). The predicted octanol–water partition coefficient (Wildman–Crippen LogP) is 0.112. The Morgan fingerprint density at radius 3 is 2.71 bits per heavy atom. The maximum absolute atomic E-state index is 10.0. The summed E-state index contributed by atoms with van der Waals surface area (Å²) in [4.78, 5) is 10.0. The van der Waals surface area contributed by atoms with Crippen molar-refractivity contribution in [3.63, 3.8) is 0 Å². The van der Waals surface area contributed by atoms with Crippen molar-refractivity contribution in [2.45, 2.75) is 6.92 Å². The van der Waals surface area contributed by atoms with Crippen LogP contribution in [0.15, 0.2) is 6.08 Å². The van der Waals surface area contributed by atoms with E-state index in [0.29, 0.717) is 6.54 Å². The maximum atomic E-state index is 10.0. The van der Waals surface area contributed by atoms with Crippen molar-refractivity contribution in [1.29, 1.82) is 0 Å². The van der Waals surface area contributed by atoms with Crippen molar-refractivity contribution < 1.29 is 4.79 Å². The zero-order chi connectivity index (χ0) is 5.70. The first kappa shape index (κ1) is 6.21. The molecule has 1 N–H and O–H groups in total. The average molecular weight is 98.1 g/mol. The number of rotatable bonds is 2. The molecule has 0 saturated heterocycles. The van der Waals surface area contributed by atoms with E-state index in [9.17, 15) is 4.79 Å². The van der Waals surface area contributed by atoms with Crippen LogP contribution < -0.4 is 5.32 Å². The van der Waals surface area contributed by atoms with Gasteiger partial charge in [-0.05, 0) is 0 Å². The molecule has 39 valence electrons. The second kappa shape index (κ2) is 3.40. The molecule has 0 bridgehead atoms. The molecule has 0 aliphatic carbocycles. The van der Waals surface area contributed by atoms with E-state index in [2.05, 4.69) is 5.32 Å². The lowest BCUT2D eigenvalue weighted by molar-refractivity contribution is -0.118. The Morgan fingerprint density at radius 1 is 2.00 bits per heavy atom. The first-order valence-corrected chi connectivity index (χ1v) is 2.05. The second-order valence-electron chi connectivity index (χ2n) is 1.17. The molecule has 0 aliphatic heterocycles. The van der Waals surface area contributed by atoms with E-state index >= 15 is 0 Å². The van der Waals surface area contributed by atoms with Gasteiger partial charge in [0.05, 0.1) is 0 Å². The van der Waals surface area contributed by atoms with Crippen LogP contribution in [0.3, 0.4) is 0 Å². The topological polar surface area (TPSA) is 29.1 Å². The highest BCUT2D eigenvalue weighted by atomic mass is 16.1. The Morgan fingerprint density at radius 2 is 2.57 bits per heavy atom. The first-order valence-electron chi connectivity index (χ1n) is 2.05. The van der Waals surface area contributed by atoms with E-state index in [-0.39, 0.29) is 5.91 Å². The fourth-order valence-corrected chi connectivity index (χ4v) is 0.203. The normalized spacial score (nSPS) is 7.57. The lowest BCUT2D eigenvalue weighted by Crippen LogP contribution is -2.18. The Labute approximate surface area is 43.2 Å². The van der Waals surface area contributed by atoms with Gasteiger partial charge in [0.1, 0.15) is 0 Å². The number of amides is 1. The Bertz CT molecular complexity index is 78.1. The van der Waals surface area contributed by atoms with Gasteiger partial charge in [0.2, 0.25) is 5.91 Å². The van der Waals surface area contributed by atoms with Crippen molar-refractivity contribution in [2.75, 3.05) is 6.54 Å². The molecule has 0 aromatic heterocycles. The zero-order valence-corrected chi connectivity index (χ0v) is 4.27. The SMILES string of the molecule is [CH]=CCNC(C)=O. The average Bonchev–Trinajstić information content (AvgIpc) is 1.61. The smallest absolute Gasteiger partial charge is 0.217 e. The summed E-state index contributed by atoms with van der Waals surface area (Å²) in [6.07, 6.45) is 1.39. The van der Waals surface area contributed by atoms with Crippen LogP contribution in [-0.4, -0.2) is 12.5 Å². The van der Waals surface area contributed by atoms with Gasteiger partial charge >= 0.3 is 0 Å². The summed E-state index contributed by atoms with van der Waals surface area (Å²) in [5, 5.41) is 2.48. The van der Waals surface area contributed by atoms with E-state index in [4.69, 9.17) is 6.58 Å². The monoisotopic (exact) mass is 98.1 g/mol. The molecule has 0 heterocycles. The highest BCUT2D eigenvalue weighted by Gasteiger charge is 1.80.